The number of aromatic nitrogens is 4. The van der Waals surface area contributed by atoms with Gasteiger partial charge in [-0.25, -0.2) is 4.68 Å². The number of nitrogens with zero attached hydrogens (tertiary/aromatic N) is 4. The van der Waals surface area contributed by atoms with Crippen molar-refractivity contribution < 1.29 is 14.3 Å². The molecule has 9 heteroatoms. The topological polar surface area (TPSA) is 91.2 Å². The van der Waals surface area contributed by atoms with Gasteiger partial charge in [0.15, 0.2) is 11.5 Å². The van der Waals surface area contributed by atoms with E-state index in [-0.39, 0.29) is 12.3 Å². The van der Waals surface area contributed by atoms with Crippen molar-refractivity contribution in [2.75, 3.05) is 18.5 Å². The van der Waals surface area contributed by atoms with E-state index in [0.29, 0.717) is 30.4 Å². The Morgan fingerprint density at radius 2 is 1.86 bits per heavy atom. The first-order valence-corrected chi connectivity index (χ1v) is 10.0. The van der Waals surface area contributed by atoms with Crippen molar-refractivity contribution in [3.8, 4) is 17.2 Å². The van der Waals surface area contributed by atoms with Crippen LogP contribution in [0.4, 0.5) is 5.69 Å². The van der Waals surface area contributed by atoms with Crippen molar-refractivity contribution in [3.05, 3.63) is 52.3 Å². The molecule has 0 unspecified atom stereocenters. The number of carbonyl (C=O) groups excluding carboxylic acids is 1. The van der Waals surface area contributed by atoms with Gasteiger partial charge >= 0.3 is 0 Å². The Morgan fingerprint density at radius 1 is 1.14 bits per heavy atom. The van der Waals surface area contributed by atoms with E-state index in [1.807, 2.05) is 51.1 Å². The molecular weight excluding hydrogens is 438 g/mol. The smallest absolute Gasteiger partial charge is 0.228 e. The zero-order chi connectivity index (χ0) is 20.8. The van der Waals surface area contributed by atoms with E-state index in [9.17, 15) is 4.79 Å². The molecule has 0 saturated carbocycles. The van der Waals surface area contributed by atoms with E-state index < -0.39 is 0 Å². The molecule has 0 aliphatic rings. The first-order chi connectivity index (χ1) is 14.0. The molecule has 0 atom stereocenters. The molecular formula is C20H22BrN5O3. The first-order valence-electron chi connectivity index (χ1n) is 9.23. The largest absolute Gasteiger partial charge is 0.490 e. The van der Waals surface area contributed by atoms with Gasteiger partial charge in [0.05, 0.1) is 25.3 Å². The number of amides is 1. The molecule has 0 fully saturated rings. The van der Waals surface area contributed by atoms with E-state index in [4.69, 9.17) is 9.47 Å². The van der Waals surface area contributed by atoms with Gasteiger partial charge in [0.2, 0.25) is 5.91 Å². The maximum absolute atomic E-state index is 12.6. The molecule has 1 N–H and O–H groups in total. The summed E-state index contributed by atoms with van der Waals surface area (Å²) in [4.78, 5) is 12.6. The Hall–Kier alpha value is -2.94. The number of ether oxygens (including phenoxy) is 2. The van der Waals surface area contributed by atoms with Crippen LogP contribution in [-0.2, 0) is 11.2 Å². The van der Waals surface area contributed by atoms with Gasteiger partial charge in [0.1, 0.15) is 6.33 Å². The molecule has 2 aromatic carbocycles. The lowest BCUT2D eigenvalue weighted by Gasteiger charge is -2.14. The number of benzene rings is 2. The van der Waals surface area contributed by atoms with Gasteiger partial charge in [-0.2, -0.15) is 0 Å². The normalized spacial score (nSPS) is 10.6. The average Bonchev–Trinajstić information content (AvgIpc) is 3.22. The highest BCUT2D eigenvalue weighted by Gasteiger charge is 2.14. The lowest BCUT2D eigenvalue weighted by Crippen LogP contribution is -2.15. The van der Waals surface area contributed by atoms with E-state index in [2.05, 4.69) is 36.8 Å². The Morgan fingerprint density at radius 3 is 2.52 bits per heavy atom. The molecule has 3 aromatic rings. The van der Waals surface area contributed by atoms with E-state index in [1.54, 1.807) is 4.68 Å². The first kappa shape index (κ1) is 20.8. The Kier molecular flexibility index (Phi) is 6.82. The number of nitrogens with one attached hydrogen (secondary N) is 1. The number of anilines is 1. The SMILES string of the molecule is CCOc1cc(Br)c(CC(=O)Nc2ccc(C)c(-n3cnnn3)c2)cc1OCC. The van der Waals surface area contributed by atoms with Gasteiger partial charge in [-0.15, -0.1) is 5.10 Å². The van der Waals surface area contributed by atoms with E-state index >= 15 is 0 Å². The maximum atomic E-state index is 12.6. The average molecular weight is 460 g/mol. The zero-order valence-electron chi connectivity index (χ0n) is 16.5. The quantitative estimate of drug-likeness (QED) is 0.551. The molecule has 3 rings (SSSR count). The molecule has 8 nitrogen and oxygen atoms in total. The number of hydrogen-bond donors (Lipinski definition) is 1. The second-order valence-corrected chi connectivity index (χ2v) is 7.09. The fourth-order valence-electron chi connectivity index (χ4n) is 2.83. The Labute approximate surface area is 177 Å². The monoisotopic (exact) mass is 459 g/mol. The van der Waals surface area contributed by atoms with Crippen molar-refractivity contribution >= 4 is 27.5 Å². The van der Waals surface area contributed by atoms with Crippen LogP contribution in [0.3, 0.4) is 0 Å². The summed E-state index contributed by atoms with van der Waals surface area (Å²) >= 11 is 3.52. The minimum absolute atomic E-state index is 0.149. The fraction of sp³-hybridized carbons (Fsp3) is 0.300. The third-order valence-corrected chi connectivity index (χ3v) is 4.89. The van der Waals surface area contributed by atoms with Gasteiger partial charge < -0.3 is 14.8 Å². The second kappa shape index (κ2) is 9.51. The minimum Gasteiger partial charge on any atom is -0.490 e. The summed E-state index contributed by atoms with van der Waals surface area (Å²) in [7, 11) is 0. The van der Waals surface area contributed by atoms with Crippen molar-refractivity contribution in [3.63, 3.8) is 0 Å². The minimum atomic E-state index is -0.149. The van der Waals surface area contributed by atoms with Crippen LogP contribution < -0.4 is 14.8 Å². The second-order valence-electron chi connectivity index (χ2n) is 6.24. The third-order valence-electron chi connectivity index (χ3n) is 4.15. The van der Waals surface area contributed by atoms with Crippen LogP contribution in [0.1, 0.15) is 25.0 Å². The van der Waals surface area contributed by atoms with Gasteiger partial charge in [0, 0.05) is 10.2 Å². The number of halogens is 1. The zero-order valence-corrected chi connectivity index (χ0v) is 18.1. The van der Waals surface area contributed by atoms with Crippen molar-refractivity contribution in [2.24, 2.45) is 0 Å². The van der Waals surface area contributed by atoms with E-state index in [0.717, 1.165) is 21.3 Å². The number of carbonyl (C=O) groups is 1. The standard InChI is InChI=1S/C20H22BrN5O3/c1-4-28-18-8-14(16(21)11-19(18)29-5-2)9-20(27)23-15-7-6-13(3)17(10-15)26-12-22-24-25-26/h6-8,10-12H,4-5,9H2,1-3H3,(H,23,27). The van der Waals surface area contributed by atoms with Crippen LogP contribution in [0.5, 0.6) is 11.5 Å². The van der Waals surface area contributed by atoms with Gasteiger partial charge in [-0.1, -0.05) is 22.0 Å². The Balaban J connectivity index is 1.77. The predicted octanol–water partition coefficient (Wildman–Crippen LogP) is 3.71. The summed E-state index contributed by atoms with van der Waals surface area (Å²) in [5, 5.41) is 14.1. The number of rotatable bonds is 8. The van der Waals surface area contributed by atoms with Gasteiger partial charge in [-0.05, 0) is 66.6 Å². The lowest BCUT2D eigenvalue weighted by molar-refractivity contribution is -0.115. The lowest BCUT2D eigenvalue weighted by atomic mass is 10.1. The molecule has 0 bridgehead atoms. The van der Waals surface area contributed by atoms with Crippen molar-refractivity contribution in [2.45, 2.75) is 27.2 Å². The third kappa shape index (κ3) is 5.11. The molecule has 29 heavy (non-hydrogen) atoms. The molecule has 152 valence electrons. The van der Waals surface area contributed by atoms with Crippen molar-refractivity contribution in [1.82, 2.24) is 20.2 Å². The summed E-state index contributed by atoms with van der Waals surface area (Å²) in [6, 6.07) is 9.26. The predicted molar refractivity (Wildman–Crippen MR) is 113 cm³/mol. The number of aryl methyl sites for hydroxylation is 1. The molecule has 0 spiro atoms. The van der Waals surface area contributed by atoms with Crippen molar-refractivity contribution in [1.29, 1.82) is 0 Å². The summed E-state index contributed by atoms with van der Waals surface area (Å²) in [6.07, 6.45) is 1.70. The maximum Gasteiger partial charge on any atom is 0.228 e. The van der Waals surface area contributed by atoms with Gasteiger partial charge in [0.25, 0.3) is 0 Å². The highest BCUT2D eigenvalue weighted by molar-refractivity contribution is 9.10. The highest BCUT2D eigenvalue weighted by atomic mass is 79.9. The van der Waals surface area contributed by atoms with Crippen LogP contribution >= 0.6 is 15.9 Å². The summed E-state index contributed by atoms with van der Waals surface area (Å²) < 4.78 is 13.6. The molecule has 0 radical (unpaired) electrons. The number of tetrazole rings is 1. The summed E-state index contributed by atoms with van der Waals surface area (Å²) in [5.41, 5.74) is 3.26. The fourth-order valence-corrected chi connectivity index (χ4v) is 3.30. The number of hydrogen-bond acceptors (Lipinski definition) is 6. The van der Waals surface area contributed by atoms with Crippen LogP contribution in [0.25, 0.3) is 5.69 Å². The van der Waals surface area contributed by atoms with Crippen LogP contribution in [0.2, 0.25) is 0 Å². The molecule has 1 aromatic heterocycles. The molecule has 1 amide bonds. The molecule has 0 saturated heterocycles. The molecule has 0 aliphatic carbocycles. The van der Waals surface area contributed by atoms with Crippen LogP contribution in [0, 0.1) is 6.92 Å². The molecule has 0 aliphatic heterocycles. The Bertz CT molecular complexity index is 992. The highest BCUT2D eigenvalue weighted by Crippen LogP contribution is 2.34. The van der Waals surface area contributed by atoms with Crippen LogP contribution in [0.15, 0.2) is 41.1 Å². The summed E-state index contributed by atoms with van der Waals surface area (Å²) in [6.45, 7) is 6.81. The van der Waals surface area contributed by atoms with E-state index in [1.165, 1.54) is 6.33 Å². The van der Waals surface area contributed by atoms with Gasteiger partial charge in [-0.3, -0.25) is 4.79 Å². The summed E-state index contributed by atoms with van der Waals surface area (Å²) in [5.74, 6) is 1.12. The van der Waals surface area contributed by atoms with Crippen LogP contribution in [-0.4, -0.2) is 39.3 Å². The molecule has 1 heterocycles.